The van der Waals surface area contributed by atoms with Crippen LogP contribution in [0.2, 0.25) is 0 Å². The van der Waals surface area contributed by atoms with Gasteiger partial charge in [0.1, 0.15) is 0 Å². The summed E-state index contributed by atoms with van der Waals surface area (Å²) in [6, 6.07) is 6.40. The minimum atomic E-state index is -0.173. The molecule has 0 saturated heterocycles. The summed E-state index contributed by atoms with van der Waals surface area (Å²) in [5, 5.41) is 1.20. The number of carbonyl (C=O) groups is 1. The molecule has 2 heterocycles. The summed E-state index contributed by atoms with van der Waals surface area (Å²) in [5.41, 5.74) is 4.61. The monoisotopic (exact) mass is 321 g/mol. The zero-order valence-corrected chi connectivity index (χ0v) is 13.3. The molecule has 4 rings (SSSR count). The van der Waals surface area contributed by atoms with E-state index in [0.717, 1.165) is 30.5 Å². The maximum atomic E-state index is 12.0. The van der Waals surface area contributed by atoms with Crippen LogP contribution in [0.5, 0.6) is 0 Å². The Morgan fingerprint density at radius 3 is 3.00 bits per heavy atom. The van der Waals surface area contributed by atoms with Gasteiger partial charge in [0.15, 0.2) is 0 Å². The molecule has 0 radical (unpaired) electrons. The van der Waals surface area contributed by atoms with Crippen molar-refractivity contribution in [1.82, 2.24) is 15.0 Å². The summed E-state index contributed by atoms with van der Waals surface area (Å²) in [6.07, 6.45) is 9.49. The van der Waals surface area contributed by atoms with Crippen molar-refractivity contribution in [2.45, 2.75) is 25.2 Å². The Labute approximate surface area is 139 Å². The quantitative estimate of drug-likeness (QED) is 0.556. The normalized spacial score (nSPS) is 19.8. The molecule has 1 fully saturated rings. The maximum Gasteiger partial charge on any atom is 0.314 e. The Morgan fingerprint density at radius 1 is 1.38 bits per heavy atom. The van der Waals surface area contributed by atoms with Crippen LogP contribution in [0.1, 0.15) is 35.6 Å². The van der Waals surface area contributed by atoms with Crippen molar-refractivity contribution >= 4 is 16.9 Å². The van der Waals surface area contributed by atoms with Crippen molar-refractivity contribution in [2.24, 2.45) is 5.92 Å². The van der Waals surface area contributed by atoms with Crippen LogP contribution in [0.4, 0.5) is 0 Å². The number of hydrogen-bond donors (Lipinski definition) is 2. The minimum absolute atomic E-state index is 0.0598. The van der Waals surface area contributed by atoms with Crippen LogP contribution < -0.4 is 0 Å². The van der Waals surface area contributed by atoms with Gasteiger partial charge in [-0.05, 0) is 42.0 Å². The lowest BCUT2D eigenvalue weighted by atomic mass is 9.70. The second kappa shape index (κ2) is 6.00. The number of ether oxygens (including phenoxy) is 1. The van der Waals surface area contributed by atoms with Gasteiger partial charge in [0.2, 0.25) is 0 Å². The molecular weight excluding hydrogens is 302 g/mol. The number of aromatic amines is 2. The van der Waals surface area contributed by atoms with E-state index in [1.54, 1.807) is 6.33 Å². The molecule has 0 bridgehead atoms. The zero-order chi connectivity index (χ0) is 16.5. The third-order valence-electron chi connectivity index (χ3n) is 4.93. The molecule has 3 aromatic rings. The molecule has 1 aliphatic rings. The fourth-order valence-electron chi connectivity index (χ4n) is 3.51. The van der Waals surface area contributed by atoms with Gasteiger partial charge in [-0.3, -0.25) is 4.79 Å². The van der Waals surface area contributed by atoms with E-state index in [1.165, 1.54) is 22.8 Å². The number of aromatic nitrogens is 3. The highest BCUT2D eigenvalue weighted by molar-refractivity contribution is 5.85. The topological polar surface area (TPSA) is 70.8 Å². The Bertz CT molecular complexity index is 879. The molecule has 1 saturated carbocycles. The van der Waals surface area contributed by atoms with Gasteiger partial charge in [-0.25, -0.2) is 4.98 Å². The molecule has 2 aromatic heterocycles. The first-order valence-electron chi connectivity index (χ1n) is 8.15. The highest BCUT2D eigenvalue weighted by Gasteiger charge is 2.38. The lowest BCUT2D eigenvalue weighted by molar-refractivity contribution is -0.146. The average molecular weight is 321 g/mol. The van der Waals surface area contributed by atoms with Crippen molar-refractivity contribution in [3.8, 4) is 0 Å². The molecule has 1 aromatic carbocycles. The number of esters is 1. The van der Waals surface area contributed by atoms with E-state index >= 15 is 0 Å². The highest BCUT2D eigenvalue weighted by Crippen LogP contribution is 2.44. The first-order valence-corrected chi connectivity index (χ1v) is 8.15. The van der Waals surface area contributed by atoms with Crippen LogP contribution in [0, 0.1) is 5.92 Å². The van der Waals surface area contributed by atoms with E-state index in [4.69, 9.17) is 4.74 Å². The van der Waals surface area contributed by atoms with Crippen LogP contribution in [-0.2, 0) is 16.0 Å². The summed E-state index contributed by atoms with van der Waals surface area (Å²) in [5.74, 6) is 0.000280. The van der Waals surface area contributed by atoms with Crippen LogP contribution in [0.15, 0.2) is 49.8 Å². The van der Waals surface area contributed by atoms with E-state index < -0.39 is 0 Å². The van der Waals surface area contributed by atoms with Crippen molar-refractivity contribution < 1.29 is 9.53 Å². The van der Waals surface area contributed by atoms with Crippen LogP contribution in [-0.4, -0.2) is 20.9 Å². The summed E-state index contributed by atoms with van der Waals surface area (Å²) < 4.78 is 4.97. The number of carbonyl (C=O) groups excluding carboxylic acids is 1. The van der Waals surface area contributed by atoms with Crippen molar-refractivity contribution in [3.63, 3.8) is 0 Å². The van der Waals surface area contributed by atoms with Gasteiger partial charge in [0.05, 0.1) is 18.5 Å². The van der Waals surface area contributed by atoms with Gasteiger partial charge in [-0.15, -0.1) is 0 Å². The van der Waals surface area contributed by atoms with Gasteiger partial charge in [0, 0.05) is 35.4 Å². The minimum Gasteiger partial charge on any atom is -0.435 e. The Balaban J connectivity index is 1.63. The molecule has 2 unspecified atom stereocenters. The largest absolute Gasteiger partial charge is 0.435 e. The number of fused-ring (bicyclic) bond motifs is 1. The summed E-state index contributed by atoms with van der Waals surface area (Å²) in [6.45, 7) is 3.46. The third-order valence-corrected chi connectivity index (χ3v) is 4.93. The lowest BCUT2D eigenvalue weighted by Gasteiger charge is -2.34. The van der Waals surface area contributed by atoms with Crippen LogP contribution in [0.3, 0.4) is 0 Å². The molecule has 122 valence electrons. The lowest BCUT2D eigenvalue weighted by Crippen LogP contribution is -2.31. The van der Waals surface area contributed by atoms with Gasteiger partial charge < -0.3 is 14.7 Å². The first-order chi connectivity index (χ1) is 11.8. The molecule has 0 amide bonds. The Hall–Kier alpha value is -2.82. The second-order valence-corrected chi connectivity index (χ2v) is 6.27. The summed E-state index contributed by atoms with van der Waals surface area (Å²) in [4.78, 5) is 22.5. The van der Waals surface area contributed by atoms with E-state index in [1.807, 2.05) is 12.4 Å². The molecule has 2 N–H and O–H groups in total. The molecule has 0 aliphatic heterocycles. The average Bonchev–Trinajstić information content (AvgIpc) is 3.17. The number of rotatable bonds is 5. The number of nitrogens with one attached hydrogen (secondary N) is 2. The first kappa shape index (κ1) is 14.8. The van der Waals surface area contributed by atoms with E-state index in [2.05, 4.69) is 39.7 Å². The van der Waals surface area contributed by atoms with Gasteiger partial charge in [0.25, 0.3) is 0 Å². The predicted octanol–water partition coefficient (Wildman–Crippen LogP) is 3.66. The second-order valence-electron chi connectivity index (χ2n) is 6.27. The van der Waals surface area contributed by atoms with Crippen LogP contribution in [0.25, 0.3) is 10.9 Å². The fourth-order valence-corrected chi connectivity index (χ4v) is 3.51. The van der Waals surface area contributed by atoms with E-state index in [-0.39, 0.29) is 17.8 Å². The van der Waals surface area contributed by atoms with Gasteiger partial charge in [-0.2, -0.15) is 0 Å². The number of imidazole rings is 1. The number of benzene rings is 1. The Kier molecular flexibility index (Phi) is 3.69. The highest BCUT2D eigenvalue weighted by atomic mass is 16.5. The fraction of sp³-hybridized carbons (Fsp3) is 0.263. The SMILES string of the molecule is C=COC(=O)C1CCC1c1ccc2[nH]cc(Cc3cnc[nH]3)c2c1. The van der Waals surface area contributed by atoms with Gasteiger partial charge in [-0.1, -0.05) is 12.6 Å². The molecular formula is C19H19N3O2. The molecule has 0 spiro atoms. The number of H-pyrrole nitrogens is 2. The molecule has 5 nitrogen and oxygen atoms in total. The molecule has 2 atom stereocenters. The maximum absolute atomic E-state index is 12.0. The molecule has 5 heteroatoms. The van der Waals surface area contributed by atoms with Crippen molar-refractivity contribution in [2.75, 3.05) is 0 Å². The summed E-state index contributed by atoms with van der Waals surface area (Å²) >= 11 is 0. The molecule has 1 aliphatic carbocycles. The smallest absolute Gasteiger partial charge is 0.314 e. The van der Waals surface area contributed by atoms with Crippen molar-refractivity contribution in [3.05, 3.63) is 66.6 Å². The Morgan fingerprint density at radius 2 is 2.29 bits per heavy atom. The predicted molar refractivity (Wildman–Crippen MR) is 91.4 cm³/mol. The zero-order valence-electron chi connectivity index (χ0n) is 13.3. The third kappa shape index (κ3) is 2.52. The molecule has 24 heavy (non-hydrogen) atoms. The van der Waals surface area contributed by atoms with Crippen LogP contribution >= 0.6 is 0 Å². The van der Waals surface area contributed by atoms with E-state index in [9.17, 15) is 4.79 Å². The number of nitrogens with zero attached hydrogens (tertiary/aromatic N) is 1. The number of hydrogen-bond acceptors (Lipinski definition) is 3. The van der Waals surface area contributed by atoms with Gasteiger partial charge >= 0.3 is 5.97 Å². The van der Waals surface area contributed by atoms with E-state index in [0.29, 0.717) is 0 Å². The standard InChI is InChI=1S/C19H19N3O2/c1-2-24-19(23)16-5-4-15(16)12-3-6-18-17(8-12)13(9-21-18)7-14-10-20-11-22-14/h2-3,6,8-11,15-16,21H,1,4-5,7H2,(H,20,22). The summed E-state index contributed by atoms with van der Waals surface area (Å²) in [7, 11) is 0. The van der Waals surface area contributed by atoms with Crippen molar-refractivity contribution in [1.29, 1.82) is 0 Å².